The summed E-state index contributed by atoms with van der Waals surface area (Å²) >= 11 is 0. The maximum atomic E-state index is 11.3. The molecule has 0 bridgehead atoms. The first-order chi connectivity index (χ1) is 6.77. The minimum Gasteiger partial charge on any atom is -0.462 e. The topological polar surface area (TPSA) is 35.5 Å². The van der Waals surface area contributed by atoms with Crippen molar-refractivity contribution in [2.45, 2.75) is 6.92 Å². The SMILES string of the molecule is CCOC(=O)c1ccc([B]OC)cc1. The van der Waals surface area contributed by atoms with Crippen LogP contribution in [0, 0.1) is 0 Å². The van der Waals surface area contributed by atoms with Crippen LogP contribution in [0.15, 0.2) is 24.3 Å². The van der Waals surface area contributed by atoms with E-state index in [1.54, 1.807) is 45.8 Å². The van der Waals surface area contributed by atoms with Crippen molar-refractivity contribution in [1.82, 2.24) is 0 Å². The lowest BCUT2D eigenvalue weighted by Crippen LogP contribution is -2.16. The van der Waals surface area contributed by atoms with Gasteiger partial charge in [-0.25, -0.2) is 4.79 Å². The summed E-state index contributed by atoms with van der Waals surface area (Å²) in [5.74, 6) is -0.295. The van der Waals surface area contributed by atoms with Gasteiger partial charge in [-0.3, -0.25) is 0 Å². The van der Waals surface area contributed by atoms with Crippen LogP contribution in [0.25, 0.3) is 0 Å². The van der Waals surface area contributed by atoms with Crippen LogP contribution in [0.1, 0.15) is 17.3 Å². The molecule has 73 valence electrons. The number of hydrogen-bond acceptors (Lipinski definition) is 3. The Morgan fingerprint density at radius 1 is 1.36 bits per heavy atom. The van der Waals surface area contributed by atoms with Gasteiger partial charge in [-0.05, 0) is 19.1 Å². The molecule has 1 aromatic carbocycles. The Balaban J connectivity index is 2.67. The average Bonchev–Trinajstić information content (AvgIpc) is 2.20. The first-order valence-corrected chi connectivity index (χ1v) is 4.41. The van der Waals surface area contributed by atoms with E-state index < -0.39 is 0 Å². The summed E-state index contributed by atoms with van der Waals surface area (Å²) < 4.78 is 9.68. The van der Waals surface area contributed by atoms with E-state index in [0.29, 0.717) is 12.2 Å². The molecule has 0 saturated heterocycles. The predicted octanol–water partition coefficient (Wildman–Crippen LogP) is 0.754. The second-order valence-electron chi connectivity index (χ2n) is 2.70. The Morgan fingerprint density at radius 2 is 2.00 bits per heavy atom. The highest BCUT2D eigenvalue weighted by Crippen LogP contribution is 1.99. The van der Waals surface area contributed by atoms with E-state index in [1.165, 1.54) is 0 Å². The zero-order valence-corrected chi connectivity index (χ0v) is 8.32. The molecule has 0 spiro atoms. The maximum absolute atomic E-state index is 11.3. The van der Waals surface area contributed by atoms with E-state index in [1.807, 2.05) is 0 Å². The second kappa shape index (κ2) is 5.45. The van der Waals surface area contributed by atoms with Crippen molar-refractivity contribution >= 4 is 18.9 Å². The van der Waals surface area contributed by atoms with Crippen LogP contribution in [-0.2, 0) is 9.39 Å². The molecule has 0 saturated carbocycles. The molecule has 1 radical (unpaired) electrons. The summed E-state index contributed by atoms with van der Waals surface area (Å²) in [4.78, 5) is 11.3. The molecule has 0 unspecified atom stereocenters. The lowest BCUT2D eigenvalue weighted by atomic mass is 9.88. The molecule has 3 nitrogen and oxygen atoms in total. The summed E-state index contributed by atoms with van der Waals surface area (Å²) in [6, 6.07) is 7.02. The van der Waals surface area contributed by atoms with Crippen LogP contribution in [0.5, 0.6) is 0 Å². The lowest BCUT2D eigenvalue weighted by Gasteiger charge is -2.02. The number of carbonyl (C=O) groups excluding carboxylic acids is 1. The van der Waals surface area contributed by atoms with Crippen LogP contribution in [-0.4, -0.2) is 27.2 Å². The van der Waals surface area contributed by atoms with Gasteiger partial charge in [0.25, 0.3) is 0 Å². The van der Waals surface area contributed by atoms with Gasteiger partial charge in [-0.1, -0.05) is 17.6 Å². The van der Waals surface area contributed by atoms with Gasteiger partial charge < -0.3 is 9.39 Å². The maximum Gasteiger partial charge on any atom is 0.338 e. The van der Waals surface area contributed by atoms with E-state index >= 15 is 0 Å². The standard InChI is InChI=1S/C10H12BO3/c1-3-14-10(12)8-4-6-9(7-5-8)11-13-2/h4-7H,3H2,1-2H3. The number of carbonyl (C=O) groups is 1. The van der Waals surface area contributed by atoms with Crippen molar-refractivity contribution in [2.75, 3.05) is 13.7 Å². The third-order valence-corrected chi connectivity index (χ3v) is 1.68. The third kappa shape index (κ3) is 2.89. The van der Waals surface area contributed by atoms with Crippen LogP contribution in [0.4, 0.5) is 0 Å². The first kappa shape index (κ1) is 10.8. The molecule has 0 atom stereocenters. The van der Waals surface area contributed by atoms with E-state index in [-0.39, 0.29) is 5.97 Å². The van der Waals surface area contributed by atoms with Gasteiger partial charge in [-0.15, -0.1) is 0 Å². The molecule has 1 aromatic rings. The van der Waals surface area contributed by atoms with E-state index in [2.05, 4.69) is 0 Å². The summed E-state index contributed by atoms with van der Waals surface area (Å²) in [6.07, 6.45) is 0. The molecule has 0 aliphatic rings. The molecular formula is C10H12BO3. The fourth-order valence-electron chi connectivity index (χ4n) is 1.05. The number of ether oxygens (including phenoxy) is 1. The van der Waals surface area contributed by atoms with Gasteiger partial charge in [0, 0.05) is 7.11 Å². The molecule has 0 fully saturated rings. The molecule has 0 aromatic heterocycles. The van der Waals surface area contributed by atoms with Crippen molar-refractivity contribution in [3.63, 3.8) is 0 Å². The van der Waals surface area contributed by atoms with Crippen LogP contribution >= 0.6 is 0 Å². The fourth-order valence-corrected chi connectivity index (χ4v) is 1.05. The van der Waals surface area contributed by atoms with Crippen molar-refractivity contribution in [2.24, 2.45) is 0 Å². The van der Waals surface area contributed by atoms with Crippen molar-refractivity contribution in [3.05, 3.63) is 29.8 Å². The zero-order chi connectivity index (χ0) is 10.4. The van der Waals surface area contributed by atoms with Gasteiger partial charge in [0.15, 0.2) is 0 Å². The quantitative estimate of drug-likeness (QED) is 0.520. The molecule has 0 heterocycles. The molecule has 1 rings (SSSR count). The highest BCUT2D eigenvalue weighted by atomic mass is 16.5. The molecule has 4 heteroatoms. The number of hydrogen-bond donors (Lipinski definition) is 0. The second-order valence-corrected chi connectivity index (χ2v) is 2.70. The number of esters is 1. The molecule has 0 aliphatic carbocycles. The Kier molecular flexibility index (Phi) is 4.20. The molecular weight excluding hydrogens is 179 g/mol. The van der Waals surface area contributed by atoms with E-state index in [9.17, 15) is 4.79 Å². The summed E-state index contributed by atoms with van der Waals surface area (Å²) in [5, 5.41) is 0. The minimum atomic E-state index is -0.295. The smallest absolute Gasteiger partial charge is 0.338 e. The highest BCUT2D eigenvalue weighted by molar-refractivity contribution is 6.46. The highest BCUT2D eigenvalue weighted by Gasteiger charge is 2.05. The Bertz CT molecular complexity index is 295. The zero-order valence-electron chi connectivity index (χ0n) is 8.32. The molecule has 0 aliphatic heterocycles. The Hall–Kier alpha value is -1.29. The predicted molar refractivity (Wildman–Crippen MR) is 54.8 cm³/mol. The van der Waals surface area contributed by atoms with E-state index in [4.69, 9.17) is 9.39 Å². The van der Waals surface area contributed by atoms with Crippen LogP contribution < -0.4 is 5.46 Å². The summed E-state index contributed by atoms with van der Waals surface area (Å²) in [6.45, 7) is 2.18. The Morgan fingerprint density at radius 3 is 2.50 bits per heavy atom. The molecule has 0 N–H and O–H groups in total. The van der Waals surface area contributed by atoms with Crippen molar-refractivity contribution in [3.8, 4) is 0 Å². The lowest BCUT2D eigenvalue weighted by molar-refractivity contribution is 0.0526. The number of rotatable bonds is 4. The molecule has 0 amide bonds. The van der Waals surface area contributed by atoms with Crippen molar-refractivity contribution < 1.29 is 14.2 Å². The monoisotopic (exact) mass is 191 g/mol. The van der Waals surface area contributed by atoms with Crippen LogP contribution in [0.3, 0.4) is 0 Å². The van der Waals surface area contributed by atoms with Gasteiger partial charge >= 0.3 is 13.5 Å². The van der Waals surface area contributed by atoms with Gasteiger partial charge in [0.2, 0.25) is 0 Å². The Labute approximate surface area is 84.3 Å². The van der Waals surface area contributed by atoms with Crippen molar-refractivity contribution in [1.29, 1.82) is 0 Å². The van der Waals surface area contributed by atoms with Gasteiger partial charge in [0.05, 0.1) is 12.2 Å². The minimum absolute atomic E-state index is 0.295. The van der Waals surface area contributed by atoms with E-state index in [0.717, 1.165) is 5.46 Å². The van der Waals surface area contributed by atoms with Gasteiger partial charge in [-0.2, -0.15) is 0 Å². The summed E-state index contributed by atoms with van der Waals surface area (Å²) in [5.41, 5.74) is 1.47. The normalized spacial score (nSPS) is 9.57. The summed E-state index contributed by atoms with van der Waals surface area (Å²) in [7, 11) is 3.19. The first-order valence-electron chi connectivity index (χ1n) is 4.41. The fraction of sp³-hybridized carbons (Fsp3) is 0.300. The van der Waals surface area contributed by atoms with Crippen LogP contribution in [0.2, 0.25) is 0 Å². The molecule has 14 heavy (non-hydrogen) atoms. The van der Waals surface area contributed by atoms with Gasteiger partial charge in [0.1, 0.15) is 0 Å². The largest absolute Gasteiger partial charge is 0.462 e. The average molecular weight is 191 g/mol. The third-order valence-electron chi connectivity index (χ3n) is 1.68. The number of benzene rings is 1.